The van der Waals surface area contributed by atoms with Gasteiger partial charge in [0.15, 0.2) is 10.9 Å². The van der Waals surface area contributed by atoms with Gasteiger partial charge in [0.1, 0.15) is 0 Å². The number of hydrogen-bond acceptors (Lipinski definition) is 3. The van der Waals surface area contributed by atoms with Gasteiger partial charge in [-0.1, -0.05) is 0 Å². The third kappa shape index (κ3) is 2.10. The first-order valence-corrected chi connectivity index (χ1v) is 5.43. The second kappa shape index (κ2) is 3.90. The van der Waals surface area contributed by atoms with Gasteiger partial charge in [-0.25, -0.2) is 9.98 Å². The Morgan fingerprint density at radius 1 is 1.67 bits per heavy atom. The molecule has 2 N–H and O–H groups in total. The number of nitrogens with zero attached hydrogens (tertiary/aromatic N) is 4. The molecule has 2 aromatic heterocycles. The summed E-state index contributed by atoms with van der Waals surface area (Å²) in [7, 11) is 3.73. The number of thiazole rings is 1. The lowest BCUT2D eigenvalue weighted by molar-refractivity contribution is 0.609. The maximum Gasteiger partial charge on any atom is 0.193 e. The van der Waals surface area contributed by atoms with E-state index in [9.17, 15) is 0 Å². The minimum Gasteiger partial charge on any atom is -0.370 e. The van der Waals surface area contributed by atoms with E-state index in [1.807, 2.05) is 36.3 Å². The zero-order chi connectivity index (χ0) is 10.8. The van der Waals surface area contributed by atoms with E-state index in [1.165, 1.54) is 0 Å². The van der Waals surface area contributed by atoms with E-state index in [0.717, 1.165) is 10.7 Å². The Bertz CT molecular complexity index is 453. The molecule has 15 heavy (non-hydrogen) atoms. The number of fused-ring (bicyclic) bond motifs is 1. The van der Waals surface area contributed by atoms with Gasteiger partial charge in [0.2, 0.25) is 0 Å². The lowest BCUT2D eigenvalue weighted by Crippen LogP contribution is -2.30. The van der Waals surface area contributed by atoms with Gasteiger partial charge in [0.05, 0.1) is 12.2 Å². The predicted octanol–water partition coefficient (Wildman–Crippen LogP) is 0.772. The third-order valence-electron chi connectivity index (χ3n) is 2.00. The fourth-order valence-corrected chi connectivity index (χ4v) is 1.87. The van der Waals surface area contributed by atoms with Crippen LogP contribution in [0.3, 0.4) is 0 Å². The Hall–Kier alpha value is -1.56. The van der Waals surface area contributed by atoms with Crippen LogP contribution in [0, 0.1) is 0 Å². The van der Waals surface area contributed by atoms with Crippen molar-refractivity contribution < 1.29 is 0 Å². The molecule has 0 unspecified atom stereocenters. The molecule has 0 aliphatic rings. The van der Waals surface area contributed by atoms with Crippen LogP contribution >= 0.6 is 11.3 Å². The number of guanidine groups is 1. The average molecular weight is 223 g/mol. The second-order valence-electron chi connectivity index (χ2n) is 3.39. The molecular formula is C9H13N5S. The first kappa shape index (κ1) is 9.97. The van der Waals surface area contributed by atoms with Crippen LogP contribution in [-0.4, -0.2) is 34.3 Å². The molecule has 0 saturated heterocycles. The van der Waals surface area contributed by atoms with E-state index in [2.05, 4.69) is 9.98 Å². The Kier molecular flexibility index (Phi) is 2.59. The van der Waals surface area contributed by atoms with Gasteiger partial charge in [0.25, 0.3) is 0 Å². The molecule has 0 atom stereocenters. The molecule has 0 bridgehead atoms. The van der Waals surface area contributed by atoms with Crippen molar-refractivity contribution in [3.63, 3.8) is 0 Å². The number of rotatable bonds is 2. The molecule has 0 saturated carbocycles. The zero-order valence-electron chi connectivity index (χ0n) is 8.71. The quantitative estimate of drug-likeness (QED) is 0.604. The average Bonchev–Trinajstić information content (AvgIpc) is 2.72. The Labute approximate surface area is 91.9 Å². The lowest BCUT2D eigenvalue weighted by Gasteiger charge is -2.09. The molecule has 0 aliphatic heterocycles. The fourth-order valence-electron chi connectivity index (χ4n) is 1.16. The van der Waals surface area contributed by atoms with Gasteiger partial charge >= 0.3 is 0 Å². The fraction of sp³-hybridized carbons (Fsp3) is 0.333. The molecular weight excluding hydrogens is 210 g/mol. The van der Waals surface area contributed by atoms with Crippen molar-refractivity contribution in [3.8, 4) is 0 Å². The van der Waals surface area contributed by atoms with Crippen LogP contribution in [0.4, 0.5) is 0 Å². The van der Waals surface area contributed by atoms with Gasteiger partial charge in [0, 0.05) is 31.9 Å². The van der Waals surface area contributed by atoms with Crippen LogP contribution in [-0.2, 0) is 6.54 Å². The summed E-state index contributed by atoms with van der Waals surface area (Å²) in [5, 5.41) is 2.00. The van der Waals surface area contributed by atoms with Gasteiger partial charge in [-0.05, 0) is 0 Å². The molecule has 2 rings (SSSR count). The highest BCUT2D eigenvalue weighted by molar-refractivity contribution is 7.15. The van der Waals surface area contributed by atoms with E-state index in [-0.39, 0.29) is 0 Å². The number of nitrogens with two attached hydrogens (primary N) is 1. The lowest BCUT2D eigenvalue weighted by atomic mass is 10.5. The molecule has 2 aromatic rings. The molecule has 0 spiro atoms. The maximum absolute atomic E-state index is 5.68. The SMILES string of the molecule is CN(C)C(N)=NCc1cn2ccsc2n1. The molecule has 0 aromatic carbocycles. The van der Waals surface area contributed by atoms with E-state index < -0.39 is 0 Å². The summed E-state index contributed by atoms with van der Waals surface area (Å²) in [6.45, 7) is 0.526. The van der Waals surface area contributed by atoms with Crippen molar-refractivity contribution in [2.24, 2.45) is 10.7 Å². The van der Waals surface area contributed by atoms with Gasteiger partial charge in [-0.15, -0.1) is 11.3 Å². The highest BCUT2D eigenvalue weighted by atomic mass is 32.1. The number of aliphatic imine (C=N–C) groups is 1. The molecule has 80 valence electrons. The van der Waals surface area contributed by atoms with Crippen molar-refractivity contribution >= 4 is 22.3 Å². The van der Waals surface area contributed by atoms with Crippen LogP contribution in [0.2, 0.25) is 0 Å². The number of imidazole rings is 1. The van der Waals surface area contributed by atoms with Gasteiger partial charge in [-0.2, -0.15) is 0 Å². The summed E-state index contributed by atoms with van der Waals surface area (Å²) < 4.78 is 1.99. The molecule has 6 heteroatoms. The number of aromatic nitrogens is 2. The normalized spacial score (nSPS) is 12.3. The van der Waals surface area contributed by atoms with Crippen molar-refractivity contribution in [3.05, 3.63) is 23.5 Å². The van der Waals surface area contributed by atoms with E-state index in [0.29, 0.717) is 12.5 Å². The highest BCUT2D eigenvalue weighted by Crippen LogP contribution is 2.11. The highest BCUT2D eigenvalue weighted by Gasteiger charge is 2.01. The number of hydrogen-bond donors (Lipinski definition) is 1. The topological polar surface area (TPSA) is 58.9 Å². The Morgan fingerprint density at radius 2 is 2.47 bits per heavy atom. The molecule has 0 radical (unpaired) electrons. The standard InChI is InChI=1S/C9H13N5S/c1-13(2)8(10)11-5-7-6-14-3-4-15-9(14)12-7/h3-4,6H,5H2,1-2H3,(H2,10,11). The Morgan fingerprint density at radius 3 is 3.13 bits per heavy atom. The summed E-state index contributed by atoms with van der Waals surface area (Å²) in [6.07, 6.45) is 3.95. The summed E-state index contributed by atoms with van der Waals surface area (Å²) in [6, 6.07) is 0. The molecule has 5 nitrogen and oxygen atoms in total. The van der Waals surface area contributed by atoms with E-state index >= 15 is 0 Å². The van der Waals surface area contributed by atoms with Crippen LogP contribution in [0.15, 0.2) is 22.8 Å². The van der Waals surface area contributed by atoms with Gasteiger partial charge < -0.3 is 10.6 Å². The maximum atomic E-state index is 5.68. The zero-order valence-corrected chi connectivity index (χ0v) is 9.53. The summed E-state index contributed by atoms with van der Waals surface area (Å²) in [5.41, 5.74) is 6.61. The molecule has 0 amide bonds. The molecule has 2 heterocycles. The summed E-state index contributed by atoms with van der Waals surface area (Å²) >= 11 is 1.61. The van der Waals surface area contributed by atoms with Crippen LogP contribution in [0.25, 0.3) is 4.96 Å². The first-order chi connectivity index (χ1) is 7.16. The molecule has 0 aliphatic carbocycles. The second-order valence-corrected chi connectivity index (χ2v) is 4.27. The summed E-state index contributed by atoms with van der Waals surface area (Å²) in [4.78, 5) is 11.4. The molecule has 0 fully saturated rings. The largest absolute Gasteiger partial charge is 0.370 e. The van der Waals surface area contributed by atoms with E-state index in [4.69, 9.17) is 5.73 Å². The van der Waals surface area contributed by atoms with Gasteiger partial charge in [-0.3, -0.25) is 4.40 Å². The van der Waals surface area contributed by atoms with Crippen LogP contribution in [0.1, 0.15) is 5.69 Å². The van der Waals surface area contributed by atoms with Crippen LogP contribution in [0.5, 0.6) is 0 Å². The minimum absolute atomic E-state index is 0.520. The first-order valence-electron chi connectivity index (χ1n) is 4.55. The van der Waals surface area contributed by atoms with Crippen molar-refractivity contribution in [2.45, 2.75) is 6.54 Å². The van der Waals surface area contributed by atoms with Crippen molar-refractivity contribution in [2.75, 3.05) is 14.1 Å². The smallest absolute Gasteiger partial charge is 0.193 e. The Balaban J connectivity index is 2.13. The van der Waals surface area contributed by atoms with E-state index in [1.54, 1.807) is 16.2 Å². The minimum atomic E-state index is 0.520. The third-order valence-corrected chi connectivity index (χ3v) is 2.78. The predicted molar refractivity (Wildman–Crippen MR) is 62.1 cm³/mol. The monoisotopic (exact) mass is 223 g/mol. The van der Waals surface area contributed by atoms with Crippen molar-refractivity contribution in [1.82, 2.24) is 14.3 Å². The summed E-state index contributed by atoms with van der Waals surface area (Å²) in [5.74, 6) is 0.520. The van der Waals surface area contributed by atoms with Crippen molar-refractivity contribution in [1.29, 1.82) is 0 Å². The van der Waals surface area contributed by atoms with Crippen LogP contribution < -0.4 is 5.73 Å².